The topological polar surface area (TPSA) is 80.3 Å². The van der Waals surface area contributed by atoms with E-state index in [0.29, 0.717) is 44.1 Å². The van der Waals surface area contributed by atoms with Crippen LogP contribution in [0.15, 0.2) is 59.8 Å². The van der Waals surface area contributed by atoms with Gasteiger partial charge in [0.15, 0.2) is 5.65 Å². The van der Waals surface area contributed by atoms with Crippen LogP contribution >= 0.6 is 23.2 Å². The lowest BCUT2D eigenvalue weighted by Crippen LogP contribution is -2.29. The van der Waals surface area contributed by atoms with Gasteiger partial charge in [0, 0.05) is 24.3 Å². The number of aryl methyl sites for hydroxylation is 1. The summed E-state index contributed by atoms with van der Waals surface area (Å²) in [5.74, 6) is 0.974. The zero-order valence-corrected chi connectivity index (χ0v) is 22.0. The average Bonchev–Trinajstić information content (AvgIpc) is 3.36. The second kappa shape index (κ2) is 9.45. The van der Waals surface area contributed by atoms with E-state index in [9.17, 15) is 4.79 Å². The van der Waals surface area contributed by atoms with Gasteiger partial charge < -0.3 is 10.2 Å². The van der Waals surface area contributed by atoms with Crippen LogP contribution in [0, 0.1) is 6.92 Å². The largest absolute Gasteiger partial charge is 0.324 e. The Kier molecular flexibility index (Phi) is 6.10. The third-order valence-corrected chi connectivity index (χ3v) is 7.70. The maximum absolute atomic E-state index is 13.6. The summed E-state index contributed by atoms with van der Waals surface area (Å²) in [7, 11) is 2.18. The van der Waals surface area contributed by atoms with Crippen molar-refractivity contribution in [2.45, 2.75) is 25.7 Å². The first-order chi connectivity index (χ1) is 17.9. The van der Waals surface area contributed by atoms with E-state index >= 15 is 0 Å². The summed E-state index contributed by atoms with van der Waals surface area (Å²) in [4.78, 5) is 29.5. The molecule has 5 aromatic rings. The molecule has 1 N–H and O–H groups in total. The van der Waals surface area contributed by atoms with E-state index < -0.39 is 0 Å². The maximum Gasteiger partial charge on any atom is 0.281 e. The van der Waals surface area contributed by atoms with Gasteiger partial charge in [-0.15, -0.1) is 0 Å². The van der Waals surface area contributed by atoms with Crippen LogP contribution in [-0.4, -0.2) is 49.2 Å². The molecule has 0 spiro atoms. The van der Waals surface area contributed by atoms with Crippen LogP contribution < -0.4 is 10.9 Å². The molecule has 188 valence electrons. The Labute approximate surface area is 223 Å². The van der Waals surface area contributed by atoms with Crippen molar-refractivity contribution < 1.29 is 0 Å². The van der Waals surface area contributed by atoms with Gasteiger partial charge in [-0.3, -0.25) is 4.79 Å². The number of hydrogen-bond donors (Lipinski definition) is 1. The summed E-state index contributed by atoms with van der Waals surface area (Å²) in [6, 6.07) is 11.5. The third kappa shape index (κ3) is 4.25. The second-order valence-corrected chi connectivity index (χ2v) is 10.3. The molecule has 2 aromatic carbocycles. The predicted octanol–water partition coefficient (Wildman–Crippen LogP) is 5.60. The van der Waals surface area contributed by atoms with Crippen LogP contribution in [0.5, 0.6) is 0 Å². The SMILES string of the molecule is Cc1cc(Nc2ncc3c(=O)n(-c4c(Cl)cccc4Cl)n4ccnc4c3n2)ccc1C1CCN(C)CC1. The van der Waals surface area contributed by atoms with Crippen LogP contribution in [0.1, 0.15) is 29.9 Å². The number of benzene rings is 2. The zero-order valence-electron chi connectivity index (χ0n) is 20.4. The molecule has 1 aliphatic heterocycles. The van der Waals surface area contributed by atoms with Crippen molar-refractivity contribution in [2.75, 3.05) is 25.5 Å². The first-order valence-corrected chi connectivity index (χ1v) is 12.9. The lowest BCUT2D eigenvalue weighted by molar-refractivity contribution is 0.255. The summed E-state index contributed by atoms with van der Waals surface area (Å²) in [6.07, 6.45) is 7.15. The van der Waals surface area contributed by atoms with Gasteiger partial charge in [-0.2, -0.15) is 0 Å². The molecule has 8 nitrogen and oxygen atoms in total. The highest BCUT2D eigenvalue weighted by molar-refractivity contribution is 6.37. The first-order valence-electron chi connectivity index (χ1n) is 12.2. The van der Waals surface area contributed by atoms with Crippen molar-refractivity contribution in [2.24, 2.45) is 0 Å². The van der Waals surface area contributed by atoms with E-state index in [-0.39, 0.29) is 5.56 Å². The highest BCUT2D eigenvalue weighted by atomic mass is 35.5. The number of piperidine rings is 1. The van der Waals surface area contributed by atoms with Gasteiger partial charge in [0.2, 0.25) is 5.95 Å². The fourth-order valence-electron chi connectivity index (χ4n) is 5.17. The normalized spacial score (nSPS) is 15.0. The number of hydrogen-bond acceptors (Lipinski definition) is 6. The van der Waals surface area contributed by atoms with Crippen LogP contribution in [0.2, 0.25) is 10.0 Å². The summed E-state index contributed by atoms with van der Waals surface area (Å²) in [5.41, 5.74) is 4.50. The highest BCUT2D eigenvalue weighted by Gasteiger charge is 2.21. The molecular weight excluding hydrogens is 509 g/mol. The van der Waals surface area contributed by atoms with E-state index in [4.69, 9.17) is 23.2 Å². The molecule has 4 heterocycles. The van der Waals surface area contributed by atoms with E-state index in [1.165, 1.54) is 34.8 Å². The molecule has 37 heavy (non-hydrogen) atoms. The minimum atomic E-state index is -0.347. The summed E-state index contributed by atoms with van der Waals surface area (Å²) < 4.78 is 3.01. The number of likely N-dealkylation sites (tertiary alicyclic amines) is 1. The summed E-state index contributed by atoms with van der Waals surface area (Å²) in [5, 5.41) is 4.31. The van der Waals surface area contributed by atoms with Gasteiger partial charge in [0.05, 0.1) is 15.4 Å². The maximum atomic E-state index is 13.6. The minimum Gasteiger partial charge on any atom is -0.324 e. The molecule has 0 radical (unpaired) electrons. The fourth-order valence-corrected chi connectivity index (χ4v) is 5.73. The molecule has 1 aliphatic rings. The Bertz CT molecular complexity index is 1680. The van der Waals surface area contributed by atoms with Crippen LogP contribution in [-0.2, 0) is 0 Å². The van der Waals surface area contributed by atoms with Gasteiger partial charge in [0.1, 0.15) is 11.2 Å². The van der Waals surface area contributed by atoms with E-state index in [1.807, 2.05) is 0 Å². The Balaban J connectivity index is 1.38. The third-order valence-electron chi connectivity index (χ3n) is 7.09. The Hall–Kier alpha value is -3.46. The number of anilines is 2. The molecule has 0 bridgehead atoms. The van der Waals surface area contributed by atoms with Gasteiger partial charge in [0.25, 0.3) is 5.56 Å². The first kappa shape index (κ1) is 23.9. The molecular formula is C27H25Cl2N7O. The molecule has 0 aliphatic carbocycles. The van der Waals surface area contributed by atoms with Gasteiger partial charge in [-0.1, -0.05) is 35.3 Å². The smallest absolute Gasteiger partial charge is 0.281 e. The fraction of sp³-hybridized carbons (Fsp3) is 0.259. The molecule has 3 aromatic heterocycles. The lowest BCUT2D eigenvalue weighted by atomic mass is 9.87. The molecule has 1 fully saturated rings. The highest BCUT2D eigenvalue weighted by Crippen LogP contribution is 2.32. The van der Waals surface area contributed by atoms with Crippen LogP contribution in [0.3, 0.4) is 0 Å². The van der Waals surface area contributed by atoms with Crippen molar-refractivity contribution in [3.63, 3.8) is 0 Å². The Morgan fingerprint density at radius 3 is 2.54 bits per heavy atom. The number of aromatic nitrogens is 5. The van der Waals surface area contributed by atoms with E-state index in [0.717, 1.165) is 18.8 Å². The van der Waals surface area contributed by atoms with Crippen LogP contribution in [0.25, 0.3) is 22.2 Å². The predicted molar refractivity (Wildman–Crippen MR) is 148 cm³/mol. The number of halogens is 2. The van der Waals surface area contributed by atoms with E-state index in [2.05, 4.69) is 57.3 Å². The van der Waals surface area contributed by atoms with Gasteiger partial charge in [-0.25, -0.2) is 24.1 Å². The molecule has 0 atom stereocenters. The molecule has 6 rings (SSSR count). The van der Waals surface area contributed by atoms with Crippen LogP contribution in [0.4, 0.5) is 11.6 Å². The van der Waals surface area contributed by atoms with E-state index in [1.54, 1.807) is 35.1 Å². The molecule has 1 saturated heterocycles. The van der Waals surface area contributed by atoms with Crippen molar-refractivity contribution in [3.05, 3.63) is 86.5 Å². The van der Waals surface area contributed by atoms with Crippen molar-refractivity contribution in [1.29, 1.82) is 0 Å². The molecule has 0 unspecified atom stereocenters. The quantitative estimate of drug-likeness (QED) is 0.324. The molecule has 0 saturated carbocycles. The number of imidazole rings is 1. The average molecular weight is 534 g/mol. The summed E-state index contributed by atoms with van der Waals surface area (Å²) in [6.45, 7) is 4.40. The number of nitrogens with zero attached hydrogens (tertiary/aromatic N) is 6. The van der Waals surface area contributed by atoms with Gasteiger partial charge >= 0.3 is 0 Å². The Morgan fingerprint density at radius 2 is 1.81 bits per heavy atom. The number of nitrogens with one attached hydrogen (secondary N) is 1. The minimum absolute atomic E-state index is 0.314. The standard InChI is InChI=1S/C27H25Cl2N7O/c1-16-14-18(6-7-19(16)17-8-11-34(2)12-9-17)32-27-31-15-20-23(33-27)25-30-10-13-35(25)36(26(20)37)24-21(28)4-3-5-22(24)29/h3-7,10,13-15,17H,8-9,11-12H2,1-2H3,(H,31,32,33). The second-order valence-electron chi connectivity index (χ2n) is 9.51. The Morgan fingerprint density at radius 1 is 1.05 bits per heavy atom. The number of rotatable bonds is 4. The lowest BCUT2D eigenvalue weighted by Gasteiger charge is -2.30. The summed E-state index contributed by atoms with van der Waals surface area (Å²) >= 11 is 12.9. The molecule has 0 amide bonds. The number of para-hydroxylation sites is 1. The molecule has 10 heteroatoms. The zero-order chi connectivity index (χ0) is 25.7. The van der Waals surface area contributed by atoms with Crippen molar-refractivity contribution >= 4 is 51.4 Å². The monoisotopic (exact) mass is 533 g/mol. The van der Waals surface area contributed by atoms with Crippen molar-refractivity contribution in [3.8, 4) is 5.69 Å². The number of fused-ring (bicyclic) bond motifs is 3. The van der Waals surface area contributed by atoms with Gasteiger partial charge in [-0.05, 0) is 81.2 Å². The van der Waals surface area contributed by atoms with Crippen molar-refractivity contribution in [1.82, 2.24) is 29.0 Å².